The Morgan fingerprint density at radius 1 is 1.35 bits per heavy atom. The minimum Gasteiger partial charge on any atom is -0.361 e. The van der Waals surface area contributed by atoms with Gasteiger partial charge in [0.05, 0.1) is 18.2 Å². The van der Waals surface area contributed by atoms with E-state index in [1.54, 1.807) is 12.1 Å². The molecule has 0 unspecified atom stereocenters. The van der Waals surface area contributed by atoms with Crippen LogP contribution in [0.2, 0.25) is 0 Å². The molecule has 1 atom stereocenters. The predicted molar refractivity (Wildman–Crippen MR) is 84.3 cm³/mol. The highest BCUT2D eigenvalue weighted by Gasteiger charge is 2.27. The molecule has 1 aromatic heterocycles. The Labute approximate surface area is 135 Å². The lowest BCUT2D eigenvalue weighted by atomic mass is 10.0. The van der Waals surface area contributed by atoms with Crippen molar-refractivity contribution in [1.29, 1.82) is 0 Å². The van der Waals surface area contributed by atoms with Crippen molar-refractivity contribution >= 4 is 5.91 Å². The third-order valence-corrected chi connectivity index (χ3v) is 4.31. The van der Waals surface area contributed by atoms with Gasteiger partial charge in [-0.25, -0.2) is 4.39 Å². The lowest BCUT2D eigenvalue weighted by Gasteiger charge is -2.30. The highest BCUT2D eigenvalue weighted by molar-refractivity contribution is 5.78. The van der Waals surface area contributed by atoms with Crippen LogP contribution in [0.5, 0.6) is 0 Å². The average Bonchev–Trinajstić information content (AvgIpc) is 2.79. The fourth-order valence-corrected chi connectivity index (χ4v) is 3.22. The van der Waals surface area contributed by atoms with E-state index in [0.29, 0.717) is 12.3 Å². The molecular weight excluding hydrogens is 295 g/mol. The lowest BCUT2D eigenvalue weighted by molar-refractivity contribution is -0.133. The van der Waals surface area contributed by atoms with E-state index in [-0.39, 0.29) is 24.2 Å². The summed E-state index contributed by atoms with van der Waals surface area (Å²) in [5.74, 6) is 0.331. The Bertz CT molecular complexity index is 683. The van der Waals surface area contributed by atoms with Crippen LogP contribution >= 0.6 is 0 Å². The van der Waals surface area contributed by atoms with Gasteiger partial charge in [0, 0.05) is 12.6 Å². The number of likely N-dealkylation sites (tertiary alicyclic amines) is 1. The van der Waals surface area contributed by atoms with Gasteiger partial charge in [-0.05, 0) is 37.5 Å². The van der Waals surface area contributed by atoms with E-state index in [1.165, 1.54) is 12.1 Å². The standard InChI is InChI=1S/C18H21FN2O2/c1-13-10-16(23-20-13)12-18(22)21-9-4-2-3-8-17(21)14-6-5-7-15(19)11-14/h5-7,10-11,17H,2-4,8-9,12H2,1H3/t17-/m1/s1. The van der Waals surface area contributed by atoms with Gasteiger partial charge in [-0.2, -0.15) is 0 Å². The number of carbonyl (C=O) groups is 1. The normalized spacial score (nSPS) is 18.7. The maximum atomic E-state index is 13.6. The van der Waals surface area contributed by atoms with E-state index >= 15 is 0 Å². The predicted octanol–water partition coefficient (Wildman–Crippen LogP) is 3.81. The van der Waals surface area contributed by atoms with Crippen molar-refractivity contribution in [2.75, 3.05) is 6.54 Å². The maximum Gasteiger partial charge on any atom is 0.230 e. The zero-order chi connectivity index (χ0) is 16.2. The van der Waals surface area contributed by atoms with Crippen LogP contribution in [0.3, 0.4) is 0 Å². The van der Waals surface area contributed by atoms with Crippen LogP contribution in [-0.4, -0.2) is 22.5 Å². The zero-order valence-corrected chi connectivity index (χ0v) is 13.3. The van der Waals surface area contributed by atoms with E-state index in [9.17, 15) is 9.18 Å². The van der Waals surface area contributed by atoms with E-state index in [4.69, 9.17) is 4.52 Å². The summed E-state index contributed by atoms with van der Waals surface area (Å²) in [7, 11) is 0. The molecule has 2 heterocycles. The number of hydrogen-bond donors (Lipinski definition) is 0. The van der Waals surface area contributed by atoms with Gasteiger partial charge >= 0.3 is 0 Å². The third kappa shape index (κ3) is 3.78. The van der Waals surface area contributed by atoms with Gasteiger partial charge in [-0.15, -0.1) is 0 Å². The molecule has 0 bridgehead atoms. The molecule has 1 aliphatic heterocycles. The molecule has 5 heteroatoms. The topological polar surface area (TPSA) is 46.3 Å². The molecule has 0 spiro atoms. The molecule has 1 amide bonds. The first-order chi connectivity index (χ1) is 11.1. The molecule has 0 saturated carbocycles. The Kier molecular flexibility index (Phi) is 4.74. The largest absolute Gasteiger partial charge is 0.361 e. The first kappa shape index (κ1) is 15.7. The summed E-state index contributed by atoms with van der Waals surface area (Å²) in [4.78, 5) is 14.6. The number of aryl methyl sites for hydroxylation is 1. The summed E-state index contributed by atoms with van der Waals surface area (Å²) in [6.07, 6.45) is 4.19. The summed E-state index contributed by atoms with van der Waals surface area (Å²) in [6, 6.07) is 8.30. The smallest absolute Gasteiger partial charge is 0.230 e. The van der Waals surface area contributed by atoms with Crippen LogP contribution in [0, 0.1) is 12.7 Å². The molecule has 1 fully saturated rings. The Morgan fingerprint density at radius 2 is 2.22 bits per heavy atom. The second-order valence-corrected chi connectivity index (χ2v) is 6.12. The summed E-state index contributed by atoms with van der Waals surface area (Å²) in [5, 5.41) is 3.83. The van der Waals surface area contributed by atoms with Crippen LogP contribution in [-0.2, 0) is 11.2 Å². The van der Waals surface area contributed by atoms with Crippen molar-refractivity contribution in [2.24, 2.45) is 0 Å². The minimum absolute atomic E-state index is 0.0114. The number of carbonyl (C=O) groups excluding carboxylic acids is 1. The minimum atomic E-state index is -0.259. The third-order valence-electron chi connectivity index (χ3n) is 4.31. The van der Waals surface area contributed by atoms with Gasteiger partial charge in [-0.1, -0.05) is 30.1 Å². The second-order valence-electron chi connectivity index (χ2n) is 6.12. The van der Waals surface area contributed by atoms with E-state index in [1.807, 2.05) is 17.9 Å². The molecule has 0 aliphatic carbocycles. The SMILES string of the molecule is Cc1cc(CC(=O)N2CCCCC[C@@H]2c2cccc(F)c2)on1. The molecule has 3 rings (SSSR count). The first-order valence-electron chi connectivity index (χ1n) is 8.10. The molecule has 23 heavy (non-hydrogen) atoms. The second kappa shape index (κ2) is 6.94. The van der Waals surface area contributed by atoms with E-state index in [2.05, 4.69) is 5.16 Å². The molecule has 1 saturated heterocycles. The van der Waals surface area contributed by atoms with Crippen molar-refractivity contribution in [3.63, 3.8) is 0 Å². The van der Waals surface area contributed by atoms with Gasteiger partial charge in [0.15, 0.2) is 0 Å². The fraction of sp³-hybridized carbons (Fsp3) is 0.444. The monoisotopic (exact) mass is 316 g/mol. The quantitative estimate of drug-likeness (QED) is 0.865. The number of benzene rings is 1. The molecule has 1 aliphatic rings. The number of amides is 1. The number of rotatable bonds is 3. The van der Waals surface area contributed by atoms with Crippen molar-refractivity contribution in [3.8, 4) is 0 Å². The first-order valence-corrected chi connectivity index (χ1v) is 8.10. The van der Waals surface area contributed by atoms with Gasteiger partial charge < -0.3 is 9.42 Å². The summed E-state index contributed by atoms with van der Waals surface area (Å²) in [6.45, 7) is 2.53. The lowest BCUT2D eigenvalue weighted by Crippen LogP contribution is -2.35. The molecule has 0 radical (unpaired) electrons. The molecule has 4 nitrogen and oxygen atoms in total. The zero-order valence-electron chi connectivity index (χ0n) is 13.3. The molecule has 1 aromatic carbocycles. The Hall–Kier alpha value is -2.17. The van der Waals surface area contributed by atoms with Gasteiger partial charge in [0.25, 0.3) is 0 Å². The van der Waals surface area contributed by atoms with Crippen LogP contribution in [0.1, 0.15) is 48.7 Å². The van der Waals surface area contributed by atoms with Crippen LogP contribution in [0.15, 0.2) is 34.9 Å². The van der Waals surface area contributed by atoms with E-state index < -0.39 is 0 Å². The number of halogens is 1. The highest BCUT2D eigenvalue weighted by Crippen LogP contribution is 2.31. The maximum absolute atomic E-state index is 13.6. The van der Waals surface area contributed by atoms with Crippen molar-refractivity contribution < 1.29 is 13.7 Å². The van der Waals surface area contributed by atoms with Crippen molar-refractivity contribution in [2.45, 2.75) is 45.1 Å². The molecule has 0 N–H and O–H groups in total. The van der Waals surface area contributed by atoms with Gasteiger partial charge in [0.1, 0.15) is 11.6 Å². The van der Waals surface area contributed by atoms with Gasteiger partial charge in [0.2, 0.25) is 5.91 Å². The average molecular weight is 316 g/mol. The van der Waals surface area contributed by atoms with Crippen molar-refractivity contribution in [3.05, 3.63) is 53.2 Å². The number of hydrogen-bond acceptors (Lipinski definition) is 3. The summed E-state index contributed by atoms with van der Waals surface area (Å²) < 4.78 is 18.7. The Balaban J connectivity index is 1.82. The van der Waals surface area contributed by atoms with Crippen LogP contribution in [0.4, 0.5) is 4.39 Å². The van der Waals surface area contributed by atoms with Crippen LogP contribution in [0.25, 0.3) is 0 Å². The molecule has 2 aromatic rings. The summed E-state index contributed by atoms with van der Waals surface area (Å²) >= 11 is 0. The molecular formula is C18H21FN2O2. The molecule has 122 valence electrons. The van der Waals surface area contributed by atoms with Crippen LogP contribution < -0.4 is 0 Å². The number of aromatic nitrogens is 1. The highest BCUT2D eigenvalue weighted by atomic mass is 19.1. The van der Waals surface area contributed by atoms with Crippen molar-refractivity contribution in [1.82, 2.24) is 10.1 Å². The fourth-order valence-electron chi connectivity index (χ4n) is 3.22. The number of nitrogens with zero attached hydrogens (tertiary/aromatic N) is 2. The van der Waals surface area contributed by atoms with Gasteiger partial charge in [-0.3, -0.25) is 4.79 Å². The Morgan fingerprint density at radius 3 is 2.96 bits per heavy atom. The summed E-state index contributed by atoms with van der Waals surface area (Å²) in [5.41, 5.74) is 1.64. The van der Waals surface area contributed by atoms with E-state index in [0.717, 1.165) is 36.9 Å².